The third-order valence-corrected chi connectivity index (χ3v) is 5.20. The van der Waals surface area contributed by atoms with E-state index >= 15 is 0 Å². The van der Waals surface area contributed by atoms with Crippen LogP contribution in [0.1, 0.15) is 21.7 Å². The van der Waals surface area contributed by atoms with Crippen LogP contribution >= 0.6 is 12.2 Å². The van der Waals surface area contributed by atoms with E-state index in [9.17, 15) is 14.4 Å². The number of nitrogens with one attached hydrogen (secondary N) is 2. The predicted molar refractivity (Wildman–Crippen MR) is 120 cm³/mol. The van der Waals surface area contributed by atoms with Crippen molar-refractivity contribution < 1.29 is 18.7 Å². The lowest BCUT2D eigenvalue weighted by Crippen LogP contribution is -2.24. The first kappa shape index (κ1) is 21.3. The van der Waals surface area contributed by atoms with Gasteiger partial charge in [-0.25, -0.2) is 4.79 Å². The number of methoxy groups -OCH3 is 1. The first-order chi connectivity index (χ1) is 15.5. The standard InChI is InChI=1S/C23H19N3O5S/c1-30-22(29)15-6-9-18-19(12-15)25-23(32)26(21(18)28)16-7-4-14(5-8-16)11-20(27)24-13-17-3-2-10-31-17/h2-10,12H,11,13H2,1H3,(H,24,27)(H,25,32). The molecule has 1 amide bonds. The van der Waals surface area contributed by atoms with Crippen LogP contribution < -0.4 is 10.9 Å². The van der Waals surface area contributed by atoms with Gasteiger partial charge in [0.15, 0.2) is 4.77 Å². The normalized spacial score (nSPS) is 10.8. The molecule has 0 aliphatic heterocycles. The molecule has 0 unspecified atom stereocenters. The van der Waals surface area contributed by atoms with E-state index in [0.29, 0.717) is 34.5 Å². The fourth-order valence-electron chi connectivity index (χ4n) is 3.31. The summed E-state index contributed by atoms with van der Waals surface area (Å²) in [5.41, 5.74) is 1.80. The molecule has 0 saturated heterocycles. The van der Waals surface area contributed by atoms with Gasteiger partial charge in [-0.05, 0) is 60.2 Å². The molecule has 2 N–H and O–H groups in total. The Bertz CT molecular complexity index is 1400. The third kappa shape index (κ3) is 4.37. The zero-order chi connectivity index (χ0) is 22.7. The van der Waals surface area contributed by atoms with Crippen LogP contribution in [0.25, 0.3) is 16.6 Å². The summed E-state index contributed by atoms with van der Waals surface area (Å²) < 4.78 is 11.5. The summed E-state index contributed by atoms with van der Waals surface area (Å²) in [7, 11) is 1.29. The number of H-pyrrole nitrogens is 1. The lowest BCUT2D eigenvalue weighted by Gasteiger charge is -2.10. The number of furan rings is 1. The summed E-state index contributed by atoms with van der Waals surface area (Å²) in [5, 5.41) is 3.17. The van der Waals surface area contributed by atoms with Gasteiger partial charge < -0.3 is 19.5 Å². The molecule has 4 aromatic rings. The molecule has 162 valence electrons. The van der Waals surface area contributed by atoms with Crippen LogP contribution in [0.5, 0.6) is 0 Å². The molecule has 32 heavy (non-hydrogen) atoms. The number of carbonyl (C=O) groups is 2. The van der Waals surface area contributed by atoms with Crippen molar-refractivity contribution in [2.45, 2.75) is 13.0 Å². The molecule has 2 heterocycles. The number of esters is 1. The summed E-state index contributed by atoms with van der Waals surface area (Å²) >= 11 is 5.38. The van der Waals surface area contributed by atoms with Crippen LogP contribution in [0.15, 0.2) is 70.1 Å². The largest absolute Gasteiger partial charge is 0.467 e. The number of aromatic nitrogens is 2. The van der Waals surface area contributed by atoms with Gasteiger partial charge in [-0.3, -0.25) is 14.2 Å². The number of amides is 1. The number of nitrogens with zero attached hydrogens (tertiary/aromatic N) is 1. The average molecular weight is 449 g/mol. The number of hydrogen-bond donors (Lipinski definition) is 2. The van der Waals surface area contributed by atoms with Crippen molar-refractivity contribution in [1.29, 1.82) is 0 Å². The number of fused-ring (bicyclic) bond motifs is 1. The maximum Gasteiger partial charge on any atom is 0.337 e. The molecule has 0 aliphatic rings. The van der Waals surface area contributed by atoms with Crippen molar-refractivity contribution >= 4 is 35.0 Å². The number of ether oxygens (including phenoxy) is 1. The first-order valence-corrected chi connectivity index (χ1v) is 10.1. The van der Waals surface area contributed by atoms with Crippen LogP contribution in [-0.4, -0.2) is 28.5 Å². The molecule has 0 saturated carbocycles. The maximum absolute atomic E-state index is 13.0. The average Bonchev–Trinajstić information content (AvgIpc) is 3.31. The highest BCUT2D eigenvalue weighted by Crippen LogP contribution is 2.15. The van der Waals surface area contributed by atoms with Gasteiger partial charge in [-0.1, -0.05) is 12.1 Å². The minimum absolute atomic E-state index is 0.143. The van der Waals surface area contributed by atoms with Crippen molar-refractivity contribution in [2.24, 2.45) is 0 Å². The fraction of sp³-hybridized carbons (Fsp3) is 0.130. The van der Waals surface area contributed by atoms with Gasteiger partial charge in [0.25, 0.3) is 5.56 Å². The molecule has 0 atom stereocenters. The van der Waals surface area contributed by atoms with E-state index in [4.69, 9.17) is 21.4 Å². The molecule has 2 aromatic heterocycles. The fourth-order valence-corrected chi connectivity index (χ4v) is 3.61. The highest BCUT2D eigenvalue weighted by atomic mass is 32.1. The predicted octanol–water partition coefficient (Wildman–Crippen LogP) is 3.29. The Hall–Kier alpha value is -3.98. The first-order valence-electron chi connectivity index (χ1n) is 9.72. The Balaban J connectivity index is 1.56. The number of rotatable bonds is 6. The van der Waals surface area contributed by atoms with Crippen molar-refractivity contribution in [3.63, 3.8) is 0 Å². The van der Waals surface area contributed by atoms with Gasteiger partial charge in [-0.2, -0.15) is 0 Å². The van der Waals surface area contributed by atoms with Gasteiger partial charge >= 0.3 is 5.97 Å². The summed E-state index contributed by atoms with van der Waals surface area (Å²) in [4.78, 5) is 39.9. The molecule has 0 radical (unpaired) electrons. The Morgan fingerprint density at radius 2 is 1.94 bits per heavy atom. The summed E-state index contributed by atoms with van der Waals surface area (Å²) in [6.07, 6.45) is 1.74. The molecule has 0 aliphatic carbocycles. The Morgan fingerprint density at radius 3 is 2.62 bits per heavy atom. The Morgan fingerprint density at radius 1 is 1.16 bits per heavy atom. The van der Waals surface area contributed by atoms with Crippen molar-refractivity contribution in [3.8, 4) is 5.69 Å². The monoisotopic (exact) mass is 449 g/mol. The second-order valence-electron chi connectivity index (χ2n) is 7.02. The highest BCUT2D eigenvalue weighted by Gasteiger charge is 2.12. The molecule has 0 spiro atoms. The molecule has 9 heteroatoms. The van der Waals surface area contributed by atoms with Crippen LogP contribution in [0.4, 0.5) is 0 Å². The number of aromatic amines is 1. The molecule has 8 nitrogen and oxygen atoms in total. The Labute approximate surface area is 187 Å². The van der Waals surface area contributed by atoms with Gasteiger partial charge in [0, 0.05) is 0 Å². The van der Waals surface area contributed by atoms with E-state index in [1.54, 1.807) is 48.7 Å². The molecule has 0 bridgehead atoms. The van der Waals surface area contributed by atoms with Crippen LogP contribution in [0, 0.1) is 4.77 Å². The van der Waals surface area contributed by atoms with Crippen molar-refractivity contribution in [3.05, 3.63) is 92.9 Å². The van der Waals surface area contributed by atoms with Crippen molar-refractivity contribution in [2.75, 3.05) is 7.11 Å². The summed E-state index contributed by atoms with van der Waals surface area (Å²) in [6.45, 7) is 0.323. The summed E-state index contributed by atoms with van der Waals surface area (Å²) in [6, 6.07) is 15.2. The van der Waals surface area contributed by atoms with E-state index in [-0.39, 0.29) is 22.7 Å². The smallest absolute Gasteiger partial charge is 0.337 e. The number of carbonyl (C=O) groups excluding carboxylic acids is 2. The van der Waals surface area contributed by atoms with E-state index in [2.05, 4.69) is 10.3 Å². The second kappa shape index (κ2) is 9.03. The maximum atomic E-state index is 13.0. The lowest BCUT2D eigenvalue weighted by atomic mass is 10.1. The number of benzene rings is 2. The van der Waals surface area contributed by atoms with Gasteiger partial charge in [-0.15, -0.1) is 0 Å². The van der Waals surface area contributed by atoms with E-state index < -0.39 is 5.97 Å². The SMILES string of the molecule is COC(=O)c1ccc2c(=O)n(-c3ccc(CC(=O)NCc4ccco4)cc3)c(=S)[nH]c2c1. The van der Waals surface area contributed by atoms with E-state index in [1.165, 1.54) is 23.8 Å². The zero-order valence-corrected chi connectivity index (χ0v) is 17.9. The Kier molecular flexibility index (Phi) is 6.00. The van der Waals surface area contributed by atoms with Crippen LogP contribution in [0.2, 0.25) is 0 Å². The van der Waals surface area contributed by atoms with E-state index in [1.807, 2.05) is 0 Å². The van der Waals surface area contributed by atoms with Gasteiger partial charge in [0.2, 0.25) is 5.91 Å². The third-order valence-electron chi connectivity index (χ3n) is 4.92. The second-order valence-corrected chi connectivity index (χ2v) is 7.41. The molecular weight excluding hydrogens is 430 g/mol. The molecule has 0 fully saturated rings. The minimum Gasteiger partial charge on any atom is -0.467 e. The quantitative estimate of drug-likeness (QED) is 0.346. The minimum atomic E-state index is -0.501. The molecule has 4 rings (SSSR count). The van der Waals surface area contributed by atoms with Gasteiger partial charge in [0.05, 0.1) is 48.5 Å². The van der Waals surface area contributed by atoms with E-state index in [0.717, 1.165) is 5.56 Å². The summed E-state index contributed by atoms with van der Waals surface area (Å²) in [5.74, 6) is 0.0345. The topological polar surface area (TPSA) is 106 Å². The highest BCUT2D eigenvalue weighted by molar-refractivity contribution is 7.71. The van der Waals surface area contributed by atoms with Crippen molar-refractivity contribution in [1.82, 2.24) is 14.9 Å². The lowest BCUT2D eigenvalue weighted by molar-refractivity contribution is -0.120. The van der Waals surface area contributed by atoms with Gasteiger partial charge in [0.1, 0.15) is 5.76 Å². The molecular formula is C23H19N3O5S. The van der Waals surface area contributed by atoms with Crippen LogP contribution in [0.3, 0.4) is 0 Å². The molecule has 2 aromatic carbocycles. The zero-order valence-electron chi connectivity index (χ0n) is 17.1. The number of hydrogen-bond acceptors (Lipinski definition) is 6. The van der Waals surface area contributed by atoms with Crippen LogP contribution in [-0.2, 0) is 22.5 Å².